The fourth-order valence-electron chi connectivity index (χ4n) is 3.42. The Kier molecular flexibility index (Phi) is 7.89. The Morgan fingerprint density at radius 1 is 0.968 bits per heavy atom. The van der Waals surface area contributed by atoms with Gasteiger partial charge in [0.2, 0.25) is 15.9 Å². The van der Waals surface area contributed by atoms with Gasteiger partial charge < -0.3 is 20.3 Å². The van der Waals surface area contributed by atoms with E-state index in [9.17, 15) is 13.2 Å². The molecule has 0 unspecified atom stereocenters. The lowest BCUT2D eigenvalue weighted by molar-refractivity contribution is -0.114. The molecule has 2 N–H and O–H groups in total. The van der Waals surface area contributed by atoms with Gasteiger partial charge in [0.25, 0.3) is 0 Å². The van der Waals surface area contributed by atoms with Crippen molar-refractivity contribution < 1.29 is 17.9 Å². The van der Waals surface area contributed by atoms with Gasteiger partial charge >= 0.3 is 0 Å². The Hall–Kier alpha value is -2.62. The second kappa shape index (κ2) is 10.6. The summed E-state index contributed by atoms with van der Waals surface area (Å²) in [5.74, 6) is -0.182. The van der Waals surface area contributed by atoms with Crippen LogP contribution < -0.4 is 15.5 Å². The number of amides is 1. The molecule has 0 aromatic heterocycles. The highest BCUT2D eigenvalue weighted by molar-refractivity contribution is 7.89. The van der Waals surface area contributed by atoms with Crippen molar-refractivity contribution in [3.8, 4) is 0 Å². The number of ether oxygens (including phenoxy) is 1. The first-order valence-electron chi connectivity index (χ1n) is 10.5. The van der Waals surface area contributed by atoms with Crippen molar-refractivity contribution in [1.29, 1.82) is 0 Å². The number of rotatable bonds is 9. The Labute approximate surface area is 184 Å². The van der Waals surface area contributed by atoms with Crippen LogP contribution >= 0.6 is 0 Å². The minimum absolute atomic E-state index is 0.0767. The number of benzene rings is 2. The van der Waals surface area contributed by atoms with Gasteiger partial charge in [0.15, 0.2) is 0 Å². The van der Waals surface area contributed by atoms with Crippen LogP contribution in [0.25, 0.3) is 0 Å². The van der Waals surface area contributed by atoms with Gasteiger partial charge in [-0.15, -0.1) is 0 Å². The highest BCUT2D eigenvalue weighted by Crippen LogP contribution is 2.20. The van der Waals surface area contributed by atoms with Crippen LogP contribution in [0.4, 0.5) is 17.1 Å². The third kappa shape index (κ3) is 5.96. The molecule has 9 heteroatoms. The van der Waals surface area contributed by atoms with Gasteiger partial charge in [-0.25, -0.2) is 8.42 Å². The number of hydrogen-bond acceptors (Lipinski definition) is 6. The Bertz CT molecular complexity index is 952. The lowest BCUT2D eigenvalue weighted by Gasteiger charge is -2.28. The third-order valence-corrected chi connectivity index (χ3v) is 7.24. The summed E-state index contributed by atoms with van der Waals surface area (Å²) in [4.78, 5) is 14.8. The van der Waals surface area contributed by atoms with Crippen molar-refractivity contribution in [3.63, 3.8) is 0 Å². The highest BCUT2D eigenvalue weighted by atomic mass is 32.2. The zero-order valence-corrected chi connectivity index (χ0v) is 18.8. The van der Waals surface area contributed by atoms with E-state index in [2.05, 4.69) is 15.5 Å². The van der Waals surface area contributed by atoms with Gasteiger partial charge in [-0.05, 0) is 48.5 Å². The van der Waals surface area contributed by atoms with E-state index in [1.165, 1.54) is 4.31 Å². The van der Waals surface area contributed by atoms with Gasteiger partial charge in [0.1, 0.15) is 0 Å². The summed E-state index contributed by atoms with van der Waals surface area (Å²) >= 11 is 0. The smallest absolute Gasteiger partial charge is 0.243 e. The zero-order chi connectivity index (χ0) is 22.3. The molecule has 0 spiro atoms. The summed E-state index contributed by atoms with van der Waals surface area (Å²) in [6.07, 6.45) is 0. The molecule has 1 fully saturated rings. The van der Waals surface area contributed by atoms with Gasteiger partial charge in [-0.2, -0.15) is 4.31 Å². The maximum Gasteiger partial charge on any atom is 0.243 e. The minimum Gasteiger partial charge on any atom is -0.378 e. The second-order valence-electron chi connectivity index (χ2n) is 7.16. The number of nitrogens with zero attached hydrogens (tertiary/aromatic N) is 2. The summed E-state index contributed by atoms with van der Waals surface area (Å²) in [6, 6.07) is 14.2. The number of sulfonamides is 1. The van der Waals surface area contributed by atoms with E-state index in [1.807, 2.05) is 38.1 Å². The minimum atomic E-state index is -3.49. The summed E-state index contributed by atoms with van der Waals surface area (Å²) in [6.45, 7) is 7.73. The largest absolute Gasteiger partial charge is 0.378 e. The first-order chi connectivity index (χ1) is 14.9. The van der Waals surface area contributed by atoms with Gasteiger partial charge in [-0.3, -0.25) is 4.79 Å². The van der Waals surface area contributed by atoms with E-state index in [0.29, 0.717) is 18.8 Å². The summed E-state index contributed by atoms with van der Waals surface area (Å²) in [5, 5.41) is 5.88. The van der Waals surface area contributed by atoms with Crippen LogP contribution in [0, 0.1) is 0 Å². The molecule has 31 heavy (non-hydrogen) atoms. The molecule has 1 amide bonds. The molecule has 0 atom stereocenters. The molecule has 0 bridgehead atoms. The first-order valence-corrected chi connectivity index (χ1v) is 11.9. The summed E-state index contributed by atoms with van der Waals surface area (Å²) in [5.41, 5.74) is 2.51. The molecule has 1 heterocycles. The number of nitrogens with one attached hydrogen (secondary N) is 2. The average Bonchev–Trinajstić information content (AvgIpc) is 2.80. The molecule has 0 aliphatic carbocycles. The van der Waals surface area contributed by atoms with Crippen LogP contribution in [0.2, 0.25) is 0 Å². The Balaban J connectivity index is 1.51. The van der Waals surface area contributed by atoms with E-state index in [4.69, 9.17) is 4.74 Å². The van der Waals surface area contributed by atoms with Crippen molar-refractivity contribution in [2.45, 2.75) is 18.7 Å². The highest BCUT2D eigenvalue weighted by Gasteiger charge is 2.21. The average molecular weight is 447 g/mol. The molecule has 168 valence electrons. The van der Waals surface area contributed by atoms with E-state index in [-0.39, 0.29) is 17.3 Å². The van der Waals surface area contributed by atoms with Crippen molar-refractivity contribution in [3.05, 3.63) is 48.5 Å². The van der Waals surface area contributed by atoms with Crippen LogP contribution in [0.3, 0.4) is 0 Å². The first kappa shape index (κ1) is 23.1. The maximum atomic E-state index is 12.5. The fraction of sp³-hybridized carbons (Fsp3) is 0.409. The van der Waals surface area contributed by atoms with E-state index < -0.39 is 10.0 Å². The number of hydrogen-bond donors (Lipinski definition) is 2. The Morgan fingerprint density at radius 3 is 2.13 bits per heavy atom. The second-order valence-corrected chi connectivity index (χ2v) is 9.10. The predicted octanol–water partition coefficient (Wildman–Crippen LogP) is 2.60. The molecule has 8 nitrogen and oxygen atoms in total. The van der Waals surface area contributed by atoms with Gasteiger partial charge in [0, 0.05) is 43.2 Å². The normalized spacial score (nSPS) is 14.5. The van der Waals surface area contributed by atoms with Crippen molar-refractivity contribution >= 4 is 33.0 Å². The van der Waals surface area contributed by atoms with Crippen molar-refractivity contribution in [2.75, 3.05) is 61.5 Å². The number of carbonyl (C=O) groups is 1. The molecule has 2 aromatic rings. The summed E-state index contributed by atoms with van der Waals surface area (Å²) < 4.78 is 31.8. The van der Waals surface area contributed by atoms with E-state index >= 15 is 0 Å². The molecule has 1 aliphatic heterocycles. The van der Waals surface area contributed by atoms with E-state index in [1.54, 1.807) is 24.3 Å². The Morgan fingerprint density at radius 2 is 1.55 bits per heavy atom. The van der Waals surface area contributed by atoms with Crippen LogP contribution in [0.1, 0.15) is 13.8 Å². The van der Waals surface area contributed by atoms with Crippen molar-refractivity contribution in [2.24, 2.45) is 0 Å². The maximum absolute atomic E-state index is 12.5. The van der Waals surface area contributed by atoms with Gasteiger partial charge in [0.05, 0.1) is 24.7 Å². The molecule has 0 saturated carbocycles. The molecule has 2 aromatic carbocycles. The molecule has 1 saturated heterocycles. The summed E-state index contributed by atoms with van der Waals surface area (Å²) in [7, 11) is -3.49. The zero-order valence-electron chi connectivity index (χ0n) is 18.0. The molecular formula is C22H30N4O4S. The van der Waals surface area contributed by atoms with Gasteiger partial charge in [-0.1, -0.05) is 13.8 Å². The molecule has 1 aliphatic rings. The molecular weight excluding hydrogens is 416 g/mol. The quantitative estimate of drug-likeness (QED) is 0.615. The number of anilines is 3. The number of carbonyl (C=O) groups excluding carboxylic acids is 1. The monoisotopic (exact) mass is 446 g/mol. The fourth-order valence-corrected chi connectivity index (χ4v) is 4.88. The van der Waals surface area contributed by atoms with E-state index in [0.717, 1.165) is 37.7 Å². The third-order valence-electron chi connectivity index (χ3n) is 5.18. The number of morpholine rings is 1. The van der Waals surface area contributed by atoms with Crippen molar-refractivity contribution in [1.82, 2.24) is 4.31 Å². The molecule has 0 radical (unpaired) electrons. The standard InChI is InChI=1S/C22H30N4O4S/c1-3-26(4-2)31(28,29)21-11-7-18(8-12-21)23-17-22(27)24-19-5-9-20(10-6-19)25-13-15-30-16-14-25/h5-12,23H,3-4,13-17H2,1-2H3,(H,24,27). The topological polar surface area (TPSA) is 91.0 Å². The predicted molar refractivity (Wildman–Crippen MR) is 123 cm³/mol. The van der Waals surface area contributed by atoms with Crippen LogP contribution in [-0.4, -0.2) is 64.6 Å². The van der Waals surface area contributed by atoms with Crippen LogP contribution in [0.5, 0.6) is 0 Å². The lowest BCUT2D eigenvalue weighted by Crippen LogP contribution is -2.36. The van der Waals surface area contributed by atoms with Crippen LogP contribution in [-0.2, 0) is 19.6 Å². The van der Waals surface area contributed by atoms with Crippen LogP contribution in [0.15, 0.2) is 53.4 Å². The lowest BCUT2D eigenvalue weighted by atomic mass is 10.2. The SMILES string of the molecule is CCN(CC)S(=O)(=O)c1ccc(NCC(=O)Nc2ccc(N3CCOCC3)cc2)cc1. The molecule has 3 rings (SSSR count).